The van der Waals surface area contributed by atoms with Crippen molar-refractivity contribution in [3.63, 3.8) is 0 Å². The number of carbonyl (C=O) groups excluding carboxylic acids is 1. The van der Waals surface area contributed by atoms with Gasteiger partial charge < -0.3 is 19.8 Å². The fourth-order valence-corrected chi connectivity index (χ4v) is 3.54. The number of amides is 2. The van der Waals surface area contributed by atoms with Crippen molar-refractivity contribution in [3.05, 3.63) is 0 Å². The summed E-state index contributed by atoms with van der Waals surface area (Å²) in [5.41, 5.74) is -0.731. The lowest BCUT2D eigenvalue weighted by Crippen LogP contribution is -2.44. The van der Waals surface area contributed by atoms with Gasteiger partial charge in [-0.2, -0.15) is 0 Å². The summed E-state index contributed by atoms with van der Waals surface area (Å²) >= 11 is 0. The van der Waals surface area contributed by atoms with Crippen molar-refractivity contribution in [3.8, 4) is 0 Å². The number of hydrogen-bond acceptors (Lipinski definition) is 3. The summed E-state index contributed by atoms with van der Waals surface area (Å²) in [5.74, 6) is -0.757. The first-order valence-electron chi connectivity index (χ1n) is 7.83. The molecule has 0 aromatic carbocycles. The maximum absolute atomic E-state index is 12.6. The fraction of sp³-hybridized carbons (Fsp3) is 0.867. The topological polar surface area (TPSA) is 64.1 Å². The van der Waals surface area contributed by atoms with Gasteiger partial charge in [0.25, 0.3) is 0 Å². The number of likely N-dealkylation sites (N-methyl/N-ethyl adjacent to an activating group) is 1. The van der Waals surface area contributed by atoms with E-state index in [1.165, 1.54) is 0 Å². The minimum absolute atomic E-state index is 0.0126. The molecular formula is C15H27N3O3. The Morgan fingerprint density at radius 2 is 2.00 bits per heavy atom. The highest BCUT2D eigenvalue weighted by atomic mass is 16.4. The van der Waals surface area contributed by atoms with E-state index < -0.39 is 11.4 Å². The van der Waals surface area contributed by atoms with E-state index in [0.29, 0.717) is 32.0 Å². The van der Waals surface area contributed by atoms with Gasteiger partial charge in [0.2, 0.25) is 0 Å². The van der Waals surface area contributed by atoms with Crippen molar-refractivity contribution in [1.29, 1.82) is 0 Å². The molecule has 0 aliphatic carbocycles. The van der Waals surface area contributed by atoms with Crippen LogP contribution in [0.5, 0.6) is 0 Å². The van der Waals surface area contributed by atoms with Gasteiger partial charge in [-0.25, -0.2) is 4.79 Å². The van der Waals surface area contributed by atoms with Crippen molar-refractivity contribution in [1.82, 2.24) is 14.7 Å². The highest BCUT2D eigenvalue weighted by molar-refractivity contribution is 5.80. The second-order valence-corrected chi connectivity index (χ2v) is 6.64. The highest BCUT2D eigenvalue weighted by Crippen LogP contribution is 2.36. The molecule has 2 rings (SSSR count). The molecule has 2 heterocycles. The molecule has 2 aliphatic heterocycles. The Kier molecular flexibility index (Phi) is 4.76. The van der Waals surface area contributed by atoms with Crippen LogP contribution in [-0.2, 0) is 4.79 Å². The van der Waals surface area contributed by atoms with Crippen molar-refractivity contribution >= 4 is 12.0 Å². The van der Waals surface area contributed by atoms with E-state index in [1.807, 2.05) is 25.9 Å². The average Bonchev–Trinajstić information content (AvgIpc) is 3.06. The van der Waals surface area contributed by atoms with Gasteiger partial charge in [-0.3, -0.25) is 4.79 Å². The minimum Gasteiger partial charge on any atom is -0.481 e. The van der Waals surface area contributed by atoms with Crippen molar-refractivity contribution in [2.45, 2.75) is 38.6 Å². The second kappa shape index (κ2) is 6.22. The van der Waals surface area contributed by atoms with Gasteiger partial charge in [0.1, 0.15) is 0 Å². The molecular weight excluding hydrogens is 270 g/mol. The lowest BCUT2D eigenvalue weighted by Gasteiger charge is -2.27. The number of rotatable bonds is 4. The number of aliphatic carboxylic acids is 1. The first-order valence-corrected chi connectivity index (χ1v) is 7.83. The maximum Gasteiger partial charge on any atom is 0.320 e. The SMILES string of the molecule is CCCC1(C(=O)O)CCN(C(=O)N2CCC(N(C)C)C2)C1. The van der Waals surface area contributed by atoms with E-state index in [0.717, 1.165) is 25.9 Å². The van der Waals surface area contributed by atoms with Crippen LogP contribution in [0.2, 0.25) is 0 Å². The highest BCUT2D eigenvalue weighted by Gasteiger charge is 2.46. The lowest BCUT2D eigenvalue weighted by atomic mass is 9.83. The van der Waals surface area contributed by atoms with Crippen LogP contribution < -0.4 is 0 Å². The number of hydrogen-bond donors (Lipinski definition) is 1. The van der Waals surface area contributed by atoms with Crippen LogP contribution in [0.3, 0.4) is 0 Å². The molecule has 120 valence electrons. The Bertz CT molecular complexity index is 413. The van der Waals surface area contributed by atoms with E-state index in [4.69, 9.17) is 0 Å². The van der Waals surface area contributed by atoms with Gasteiger partial charge in [0.15, 0.2) is 0 Å². The molecule has 0 aromatic heterocycles. The van der Waals surface area contributed by atoms with Crippen LogP contribution in [-0.4, -0.2) is 78.1 Å². The van der Waals surface area contributed by atoms with Crippen LogP contribution in [0.25, 0.3) is 0 Å². The maximum atomic E-state index is 12.6. The molecule has 2 aliphatic rings. The molecule has 2 fully saturated rings. The molecule has 0 radical (unpaired) electrons. The summed E-state index contributed by atoms with van der Waals surface area (Å²) in [6.45, 7) is 4.44. The van der Waals surface area contributed by atoms with Crippen molar-refractivity contribution < 1.29 is 14.7 Å². The summed E-state index contributed by atoms with van der Waals surface area (Å²) in [7, 11) is 4.07. The van der Waals surface area contributed by atoms with Crippen LogP contribution in [0.4, 0.5) is 4.79 Å². The van der Waals surface area contributed by atoms with Crippen LogP contribution >= 0.6 is 0 Å². The quantitative estimate of drug-likeness (QED) is 0.850. The van der Waals surface area contributed by atoms with Crippen LogP contribution in [0, 0.1) is 5.41 Å². The summed E-state index contributed by atoms with van der Waals surface area (Å²) in [5, 5.41) is 9.52. The molecule has 2 unspecified atom stereocenters. The molecule has 2 atom stereocenters. The van der Waals surface area contributed by atoms with Crippen LogP contribution in [0.15, 0.2) is 0 Å². The third-order valence-corrected chi connectivity index (χ3v) is 4.97. The molecule has 0 saturated carbocycles. The zero-order chi connectivity index (χ0) is 15.6. The lowest BCUT2D eigenvalue weighted by molar-refractivity contribution is -0.148. The average molecular weight is 297 g/mol. The number of urea groups is 1. The summed E-state index contributed by atoms with van der Waals surface area (Å²) in [6.07, 6.45) is 3.05. The minimum atomic E-state index is -0.757. The molecule has 0 aromatic rings. The van der Waals surface area contributed by atoms with E-state index in [9.17, 15) is 14.7 Å². The molecule has 2 amide bonds. The van der Waals surface area contributed by atoms with Crippen molar-refractivity contribution in [2.24, 2.45) is 5.41 Å². The predicted octanol–water partition coefficient (Wildman–Crippen LogP) is 1.32. The van der Waals surface area contributed by atoms with Crippen LogP contribution in [0.1, 0.15) is 32.6 Å². The number of likely N-dealkylation sites (tertiary alicyclic amines) is 2. The van der Waals surface area contributed by atoms with Crippen molar-refractivity contribution in [2.75, 3.05) is 40.3 Å². The Morgan fingerprint density at radius 1 is 1.29 bits per heavy atom. The normalized spacial score (nSPS) is 29.4. The molecule has 2 saturated heterocycles. The van der Waals surface area contributed by atoms with Gasteiger partial charge in [-0.05, 0) is 33.4 Å². The number of carboxylic acid groups (broad SMARTS) is 1. The molecule has 0 bridgehead atoms. The Labute approximate surface area is 126 Å². The number of nitrogens with zero attached hydrogens (tertiary/aromatic N) is 3. The first kappa shape index (κ1) is 16.1. The standard InChI is InChI=1S/C15H27N3O3/c1-4-6-15(13(19)20)7-9-18(11-15)14(21)17-8-5-12(10-17)16(2)3/h12H,4-11H2,1-3H3,(H,19,20). The smallest absolute Gasteiger partial charge is 0.320 e. The van der Waals surface area contributed by atoms with Gasteiger partial charge in [0.05, 0.1) is 5.41 Å². The molecule has 6 nitrogen and oxygen atoms in total. The zero-order valence-electron chi connectivity index (χ0n) is 13.3. The third-order valence-electron chi connectivity index (χ3n) is 4.97. The summed E-state index contributed by atoms with van der Waals surface area (Å²) in [4.78, 5) is 29.9. The second-order valence-electron chi connectivity index (χ2n) is 6.64. The van der Waals surface area contributed by atoms with E-state index in [2.05, 4.69) is 4.90 Å². The third kappa shape index (κ3) is 3.15. The van der Waals surface area contributed by atoms with Gasteiger partial charge in [-0.15, -0.1) is 0 Å². The van der Waals surface area contributed by atoms with E-state index in [-0.39, 0.29) is 6.03 Å². The first-order chi connectivity index (χ1) is 9.89. The Hall–Kier alpha value is -1.30. The molecule has 0 spiro atoms. The monoisotopic (exact) mass is 297 g/mol. The molecule has 6 heteroatoms. The molecule has 21 heavy (non-hydrogen) atoms. The number of carbonyl (C=O) groups is 2. The zero-order valence-corrected chi connectivity index (χ0v) is 13.3. The summed E-state index contributed by atoms with van der Waals surface area (Å²) < 4.78 is 0. The Balaban J connectivity index is 1.98. The van der Waals surface area contributed by atoms with E-state index >= 15 is 0 Å². The van der Waals surface area contributed by atoms with Gasteiger partial charge in [-0.1, -0.05) is 13.3 Å². The summed E-state index contributed by atoms with van der Waals surface area (Å²) in [6, 6.07) is 0.426. The molecule has 1 N–H and O–H groups in total. The largest absolute Gasteiger partial charge is 0.481 e. The number of carboxylic acids is 1. The predicted molar refractivity (Wildman–Crippen MR) is 80.2 cm³/mol. The van der Waals surface area contributed by atoms with Gasteiger partial charge >= 0.3 is 12.0 Å². The van der Waals surface area contributed by atoms with Gasteiger partial charge in [0, 0.05) is 32.2 Å². The fourth-order valence-electron chi connectivity index (χ4n) is 3.54. The van der Waals surface area contributed by atoms with E-state index in [1.54, 1.807) is 4.90 Å². The Morgan fingerprint density at radius 3 is 2.52 bits per heavy atom.